The molecule has 2 aliphatic heterocycles. The van der Waals surface area contributed by atoms with Crippen LogP contribution in [0.2, 0.25) is 0 Å². The Hall–Kier alpha value is -3.00. The molecule has 2 atom stereocenters. The SMILES string of the molecule is CCC1C(N2CCCC(N)C2)=Nc2cnn(CC(=O)c3cccc(N)c3)c(=O)c21. The van der Waals surface area contributed by atoms with Crippen LogP contribution in [0, 0.1) is 0 Å². The zero-order valence-electron chi connectivity index (χ0n) is 16.5. The maximum atomic E-state index is 13.2. The van der Waals surface area contributed by atoms with Gasteiger partial charge in [0.2, 0.25) is 0 Å². The lowest BCUT2D eigenvalue weighted by Gasteiger charge is -2.34. The summed E-state index contributed by atoms with van der Waals surface area (Å²) in [5.74, 6) is 0.594. The normalized spacial score (nSPS) is 21.0. The molecule has 0 radical (unpaired) electrons. The highest BCUT2D eigenvalue weighted by molar-refractivity contribution is 5.97. The van der Waals surface area contributed by atoms with Crippen molar-refractivity contribution < 1.29 is 4.79 Å². The van der Waals surface area contributed by atoms with E-state index in [1.54, 1.807) is 30.5 Å². The van der Waals surface area contributed by atoms with E-state index in [4.69, 9.17) is 16.5 Å². The second kappa shape index (κ2) is 7.79. The third kappa shape index (κ3) is 3.67. The van der Waals surface area contributed by atoms with Crippen molar-refractivity contribution in [1.29, 1.82) is 0 Å². The number of anilines is 1. The smallest absolute Gasteiger partial charge is 0.273 e. The van der Waals surface area contributed by atoms with Crippen molar-refractivity contribution in [3.63, 3.8) is 0 Å². The van der Waals surface area contributed by atoms with Crippen LogP contribution < -0.4 is 17.0 Å². The van der Waals surface area contributed by atoms with Gasteiger partial charge < -0.3 is 16.4 Å². The average Bonchev–Trinajstić information content (AvgIpc) is 3.09. The first-order chi connectivity index (χ1) is 14.0. The monoisotopic (exact) mass is 394 g/mol. The number of nitrogens with two attached hydrogens (primary N) is 2. The zero-order valence-corrected chi connectivity index (χ0v) is 16.5. The van der Waals surface area contributed by atoms with Crippen molar-refractivity contribution in [1.82, 2.24) is 14.7 Å². The van der Waals surface area contributed by atoms with E-state index >= 15 is 0 Å². The summed E-state index contributed by atoms with van der Waals surface area (Å²) < 4.78 is 1.23. The molecule has 1 saturated heterocycles. The van der Waals surface area contributed by atoms with Crippen molar-refractivity contribution in [3.05, 3.63) is 51.9 Å². The first kappa shape index (κ1) is 19.3. The van der Waals surface area contributed by atoms with Crippen molar-refractivity contribution in [2.24, 2.45) is 10.7 Å². The van der Waals surface area contributed by atoms with E-state index < -0.39 is 0 Å². The van der Waals surface area contributed by atoms with E-state index in [0.29, 0.717) is 22.5 Å². The van der Waals surface area contributed by atoms with Crippen LogP contribution in [0.25, 0.3) is 0 Å². The highest BCUT2D eigenvalue weighted by Crippen LogP contribution is 2.36. The maximum absolute atomic E-state index is 13.2. The fourth-order valence-corrected chi connectivity index (χ4v) is 4.19. The van der Waals surface area contributed by atoms with Crippen LogP contribution in [0.1, 0.15) is 48.0 Å². The highest BCUT2D eigenvalue weighted by Gasteiger charge is 2.34. The molecule has 0 saturated carbocycles. The third-order valence-electron chi connectivity index (χ3n) is 5.65. The Bertz CT molecular complexity index is 1030. The van der Waals surface area contributed by atoms with Gasteiger partial charge in [-0.3, -0.25) is 9.59 Å². The van der Waals surface area contributed by atoms with Gasteiger partial charge in [-0.2, -0.15) is 5.10 Å². The summed E-state index contributed by atoms with van der Waals surface area (Å²) in [5.41, 5.74) is 13.8. The molecule has 1 aromatic heterocycles. The highest BCUT2D eigenvalue weighted by atomic mass is 16.1. The summed E-state index contributed by atoms with van der Waals surface area (Å²) in [5, 5.41) is 4.20. The number of hydrogen-bond acceptors (Lipinski definition) is 7. The third-order valence-corrected chi connectivity index (χ3v) is 5.65. The molecule has 0 amide bonds. The van der Waals surface area contributed by atoms with Crippen molar-refractivity contribution in [2.75, 3.05) is 18.8 Å². The largest absolute Gasteiger partial charge is 0.399 e. The Balaban J connectivity index is 1.61. The molecule has 1 fully saturated rings. The molecule has 0 spiro atoms. The van der Waals surface area contributed by atoms with Crippen LogP contribution >= 0.6 is 0 Å². The molecule has 2 unspecified atom stereocenters. The summed E-state index contributed by atoms with van der Waals surface area (Å²) >= 11 is 0. The Morgan fingerprint density at radius 2 is 2.17 bits per heavy atom. The second-order valence-corrected chi connectivity index (χ2v) is 7.73. The van der Waals surface area contributed by atoms with Gasteiger partial charge in [-0.25, -0.2) is 9.67 Å². The number of likely N-dealkylation sites (tertiary alicyclic amines) is 1. The number of amidine groups is 1. The minimum Gasteiger partial charge on any atom is -0.399 e. The molecule has 152 valence electrons. The number of hydrogen-bond donors (Lipinski definition) is 2. The standard InChI is InChI=1S/C21H26N6O2/c1-2-16-19-17(25-20(16)26-8-4-7-15(23)11-26)10-24-27(21(19)29)12-18(28)13-5-3-6-14(22)9-13/h3,5-6,9-10,15-16H,2,4,7-8,11-12,22-23H2,1H3. The number of Topliss-reactive ketones (excluding diaryl/α,β-unsaturated/α-hetero) is 1. The Kier molecular flexibility index (Phi) is 5.19. The molecule has 8 heteroatoms. The first-order valence-electron chi connectivity index (χ1n) is 10.1. The van der Waals surface area contributed by atoms with Gasteiger partial charge in [-0.1, -0.05) is 19.1 Å². The topological polar surface area (TPSA) is 120 Å². The average molecular weight is 394 g/mol. The number of aliphatic imine (C=N–C) groups is 1. The Morgan fingerprint density at radius 3 is 2.90 bits per heavy atom. The number of fused-ring (bicyclic) bond motifs is 1. The van der Waals surface area contributed by atoms with Crippen molar-refractivity contribution >= 4 is 23.0 Å². The molecule has 0 bridgehead atoms. The molecule has 2 aliphatic rings. The summed E-state index contributed by atoms with van der Waals surface area (Å²) in [6.07, 6.45) is 4.36. The fraction of sp³-hybridized carbons (Fsp3) is 0.429. The van der Waals surface area contributed by atoms with Crippen LogP contribution in [-0.2, 0) is 6.54 Å². The molecular formula is C21H26N6O2. The lowest BCUT2D eigenvalue weighted by Crippen LogP contribution is -2.47. The lowest BCUT2D eigenvalue weighted by molar-refractivity contribution is 0.0965. The molecule has 4 N–H and O–H groups in total. The minimum atomic E-state index is -0.258. The summed E-state index contributed by atoms with van der Waals surface area (Å²) in [7, 11) is 0. The lowest BCUT2D eigenvalue weighted by atomic mass is 9.96. The molecule has 4 rings (SSSR count). The van der Waals surface area contributed by atoms with Gasteiger partial charge in [0.25, 0.3) is 5.56 Å². The van der Waals surface area contributed by atoms with Crippen LogP contribution in [-0.4, -0.2) is 45.4 Å². The van der Waals surface area contributed by atoms with Gasteiger partial charge in [-0.05, 0) is 31.4 Å². The first-order valence-corrected chi connectivity index (χ1v) is 10.1. The number of nitrogens with zero attached hydrogens (tertiary/aromatic N) is 4. The van der Waals surface area contributed by atoms with E-state index in [1.165, 1.54) is 4.68 Å². The molecule has 0 aliphatic carbocycles. The number of carbonyl (C=O) groups is 1. The predicted octanol–water partition coefficient (Wildman–Crippen LogP) is 1.67. The van der Waals surface area contributed by atoms with Gasteiger partial charge in [0, 0.05) is 36.3 Å². The zero-order chi connectivity index (χ0) is 20.5. The summed E-state index contributed by atoms with van der Waals surface area (Å²) in [6, 6.07) is 6.85. The van der Waals surface area contributed by atoms with Gasteiger partial charge in [0.15, 0.2) is 5.78 Å². The van der Waals surface area contributed by atoms with E-state index in [-0.39, 0.29) is 29.8 Å². The minimum absolute atomic E-state index is 0.0977. The fourth-order valence-electron chi connectivity index (χ4n) is 4.19. The second-order valence-electron chi connectivity index (χ2n) is 7.73. The van der Waals surface area contributed by atoms with Crippen LogP contribution in [0.15, 0.2) is 40.2 Å². The Morgan fingerprint density at radius 1 is 1.34 bits per heavy atom. The molecular weight excluding hydrogens is 368 g/mol. The number of piperidine rings is 1. The summed E-state index contributed by atoms with van der Waals surface area (Å²) in [6.45, 7) is 3.56. The number of carbonyl (C=O) groups excluding carboxylic acids is 1. The van der Waals surface area contributed by atoms with Crippen LogP contribution in [0.4, 0.5) is 11.4 Å². The predicted molar refractivity (Wildman–Crippen MR) is 113 cm³/mol. The van der Waals surface area contributed by atoms with E-state index in [9.17, 15) is 9.59 Å². The van der Waals surface area contributed by atoms with E-state index in [1.807, 2.05) is 6.92 Å². The van der Waals surface area contributed by atoms with Crippen molar-refractivity contribution in [2.45, 2.75) is 44.7 Å². The Labute approximate surface area is 169 Å². The number of nitrogen functional groups attached to an aromatic ring is 1. The van der Waals surface area contributed by atoms with Gasteiger partial charge in [0.1, 0.15) is 12.4 Å². The van der Waals surface area contributed by atoms with Gasteiger partial charge in [-0.15, -0.1) is 0 Å². The van der Waals surface area contributed by atoms with E-state index in [0.717, 1.165) is 38.2 Å². The molecule has 3 heterocycles. The molecule has 2 aromatic rings. The number of benzene rings is 1. The number of rotatable bonds is 4. The van der Waals surface area contributed by atoms with Gasteiger partial charge >= 0.3 is 0 Å². The number of aromatic nitrogens is 2. The molecule has 8 nitrogen and oxygen atoms in total. The maximum Gasteiger partial charge on any atom is 0.273 e. The van der Waals surface area contributed by atoms with E-state index in [2.05, 4.69) is 10.00 Å². The molecule has 29 heavy (non-hydrogen) atoms. The summed E-state index contributed by atoms with van der Waals surface area (Å²) in [4.78, 5) is 32.7. The van der Waals surface area contributed by atoms with Crippen molar-refractivity contribution in [3.8, 4) is 0 Å². The van der Waals surface area contributed by atoms with Crippen LogP contribution in [0.5, 0.6) is 0 Å². The quantitative estimate of drug-likeness (QED) is 0.601. The molecule has 1 aromatic carbocycles. The van der Waals surface area contributed by atoms with Crippen LogP contribution in [0.3, 0.4) is 0 Å². The van der Waals surface area contributed by atoms with Gasteiger partial charge in [0.05, 0.1) is 17.4 Å². The number of ketones is 1.